The number of fused-ring (bicyclic) bond motifs is 2. The van der Waals surface area contributed by atoms with E-state index in [9.17, 15) is 0 Å². The largest absolute Gasteiger partial charge is 0.338 e. The van der Waals surface area contributed by atoms with E-state index in [1.54, 1.807) is 0 Å². The molecule has 3 aliphatic heterocycles. The number of piperidine rings is 1. The van der Waals surface area contributed by atoms with Gasteiger partial charge in [0.05, 0.1) is 0 Å². The zero-order valence-electron chi connectivity index (χ0n) is 12.2. The van der Waals surface area contributed by atoms with Crippen molar-refractivity contribution in [1.82, 2.24) is 19.9 Å². The predicted molar refractivity (Wildman–Crippen MR) is 81.0 cm³/mol. The molecule has 3 aliphatic rings. The van der Waals surface area contributed by atoms with Crippen LogP contribution in [0.2, 0.25) is 0 Å². The quantitative estimate of drug-likeness (QED) is 0.856. The number of aromatic nitrogens is 3. The maximum atomic E-state index is 4.37. The van der Waals surface area contributed by atoms with Crippen molar-refractivity contribution in [3.8, 4) is 0 Å². The third kappa shape index (κ3) is 2.27. The summed E-state index contributed by atoms with van der Waals surface area (Å²) in [6.07, 6.45) is 8.80. The lowest BCUT2D eigenvalue weighted by Gasteiger charge is -2.56. The first kappa shape index (κ1) is 12.7. The van der Waals surface area contributed by atoms with Gasteiger partial charge in [-0.05, 0) is 36.6 Å². The Labute approximate surface area is 124 Å². The first-order valence-corrected chi connectivity index (χ1v) is 7.48. The molecule has 5 rings (SSSR count). The lowest BCUT2D eigenvalue weighted by Crippen LogP contribution is -2.68. The van der Waals surface area contributed by atoms with Gasteiger partial charge in [0, 0.05) is 56.5 Å². The van der Waals surface area contributed by atoms with Gasteiger partial charge < -0.3 is 4.90 Å². The van der Waals surface area contributed by atoms with Gasteiger partial charge in [-0.15, -0.1) is 0 Å². The molecule has 0 aromatic carbocycles. The molecule has 5 heterocycles. The summed E-state index contributed by atoms with van der Waals surface area (Å²) in [5.41, 5.74) is 2.68. The SMILES string of the molecule is Cc1ccncc1CN1C2CC1CN(c1ncccn1)C2. The van der Waals surface area contributed by atoms with Gasteiger partial charge in [0.15, 0.2) is 0 Å². The maximum absolute atomic E-state index is 4.37. The van der Waals surface area contributed by atoms with Crippen molar-refractivity contribution in [1.29, 1.82) is 0 Å². The van der Waals surface area contributed by atoms with Crippen LogP contribution >= 0.6 is 0 Å². The third-order valence-electron chi connectivity index (χ3n) is 4.68. The van der Waals surface area contributed by atoms with Crippen LogP contribution < -0.4 is 4.90 Å². The number of rotatable bonds is 3. The van der Waals surface area contributed by atoms with E-state index in [1.165, 1.54) is 17.5 Å². The standard InChI is InChI=1S/C16H19N5/c1-12-3-6-17-8-13(12)9-21-14-7-15(21)11-20(10-14)16-18-4-2-5-19-16/h2-6,8,14-15H,7,9-11H2,1H3. The van der Waals surface area contributed by atoms with Crippen LogP contribution in [-0.4, -0.2) is 45.0 Å². The van der Waals surface area contributed by atoms with E-state index in [0.29, 0.717) is 12.1 Å². The average Bonchev–Trinajstić information content (AvgIpc) is 2.55. The Morgan fingerprint density at radius 3 is 2.62 bits per heavy atom. The highest BCUT2D eigenvalue weighted by Crippen LogP contribution is 2.35. The molecule has 0 amide bonds. The third-order valence-corrected chi connectivity index (χ3v) is 4.68. The van der Waals surface area contributed by atoms with Gasteiger partial charge in [0.1, 0.15) is 0 Å². The second kappa shape index (κ2) is 5.07. The molecule has 2 unspecified atom stereocenters. The number of nitrogens with zero attached hydrogens (tertiary/aromatic N) is 5. The summed E-state index contributed by atoms with van der Waals surface area (Å²) in [6, 6.07) is 5.19. The summed E-state index contributed by atoms with van der Waals surface area (Å²) in [7, 11) is 0. The van der Waals surface area contributed by atoms with Crippen molar-refractivity contribution in [2.45, 2.75) is 32.0 Å². The molecule has 3 saturated heterocycles. The molecule has 108 valence electrons. The Balaban J connectivity index is 1.45. The molecule has 0 saturated carbocycles. The van der Waals surface area contributed by atoms with Crippen LogP contribution in [0.25, 0.3) is 0 Å². The number of hydrogen-bond acceptors (Lipinski definition) is 5. The van der Waals surface area contributed by atoms with Gasteiger partial charge in [-0.2, -0.15) is 0 Å². The van der Waals surface area contributed by atoms with Crippen LogP contribution in [0.15, 0.2) is 36.9 Å². The normalized spacial score (nSPS) is 24.7. The first-order chi connectivity index (χ1) is 10.3. The Morgan fingerprint density at radius 2 is 1.90 bits per heavy atom. The Hall–Kier alpha value is -2.01. The number of piperazine rings is 1. The topological polar surface area (TPSA) is 45.2 Å². The first-order valence-electron chi connectivity index (χ1n) is 7.48. The molecular weight excluding hydrogens is 262 g/mol. The fraction of sp³-hybridized carbons (Fsp3) is 0.438. The van der Waals surface area contributed by atoms with Crippen LogP contribution in [0.5, 0.6) is 0 Å². The van der Waals surface area contributed by atoms with Crippen molar-refractivity contribution in [2.75, 3.05) is 18.0 Å². The zero-order chi connectivity index (χ0) is 14.2. The summed E-state index contributed by atoms with van der Waals surface area (Å²) in [5.74, 6) is 0.865. The highest BCUT2D eigenvalue weighted by Gasteiger charge is 2.45. The van der Waals surface area contributed by atoms with Crippen LogP contribution in [0.3, 0.4) is 0 Å². The molecule has 2 aromatic heterocycles. The fourth-order valence-corrected chi connectivity index (χ4v) is 3.42. The van der Waals surface area contributed by atoms with Crippen LogP contribution in [0, 0.1) is 6.92 Å². The molecule has 5 heteroatoms. The monoisotopic (exact) mass is 281 g/mol. The minimum Gasteiger partial charge on any atom is -0.338 e. The van der Waals surface area contributed by atoms with Crippen molar-refractivity contribution >= 4 is 5.95 Å². The predicted octanol–water partition coefficient (Wildman–Crippen LogP) is 1.64. The highest BCUT2D eigenvalue weighted by molar-refractivity contribution is 5.33. The molecular formula is C16H19N5. The van der Waals surface area contributed by atoms with Crippen LogP contribution in [-0.2, 0) is 6.54 Å². The van der Waals surface area contributed by atoms with Crippen LogP contribution in [0.1, 0.15) is 17.5 Å². The van der Waals surface area contributed by atoms with Gasteiger partial charge in [0.2, 0.25) is 5.95 Å². The van der Waals surface area contributed by atoms with E-state index in [4.69, 9.17) is 0 Å². The summed E-state index contributed by atoms with van der Waals surface area (Å²) in [4.78, 5) is 17.9. The van der Waals surface area contributed by atoms with Crippen molar-refractivity contribution in [3.63, 3.8) is 0 Å². The summed E-state index contributed by atoms with van der Waals surface area (Å²) in [6.45, 7) is 5.23. The second-order valence-corrected chi connectivity index (χ2v) is 5.97. The molecule has 5 nitrogen and oxygen atoms in total. The molecule has 2 bridgehead atoms. The summed E-state index contributed by atoms with van der Waals surface area (Å²) >= 11 is 0. The van der Waals surface area contributed by atoms with Gasteiger partial charge in [-0.3, -0.25) is 9.88 Å². The minimum absolute atomic E-state index is 0.618. The van der Waals surface area contributed by atoms with Gasteiger partial charge in [-0.1, -0.05) is 0 Å². The lowest BCUT2D eigenvalue weighted by molar-refractivity contribution is -0.00917. The number of aryl methyl sites for hydroxylation is 1. The highest BCUT2D eigenvalue weighted by atomic mass is 15.4. The van der Waals surface area contributed by atoms with Crippen molar-refractivity contribution in [3.05, 3.63) is 48.0 Å². The molecule has 21 heavy (non-hydrogen) atoms. The van der Waals surface area contributed by atoms with Gasteiger partial charge in [-0.25, -0.2) is 9.97 Å². The van der Waals surface area contributed by atoms with E-state index in [1.807, 2.05) is 30.9 Å². The van der Waals surface area contributed by atoms with Crippen molar-refractivity contribution in [2.24, 2.45) is 0 Å². The Bertz CT molecular complexity index is 618. The summed E-state index contributed by atoms with van der Waals surface area (Å²) < 4.78 is 0. The Morgan fingerprint density at radius 1 is 1.14 bits per heavy atom. The smallest absolute Gasteiger partial charge is 0.225 e. The molecule has 3 fully saturated rings. The molecule has 0 spiro atoms. The molecule has 0 N–H and O–H groups in total. The van der Waals surface area contributed by atoms with E-state index in [-0.39, 0.29) is 0 Å². The minimum atomic E-state index is 0.618. The lowest BCUT2D eigenvalue weighted by atomic mass is 9.87. The average molecular weight is 281 g/mol. The second-order valence-electron chi connectivity index (χ2n) is 5.97. The Kier molecular flexibility index (Phi) is 3.07. The van der Waals surface area contributed by atoms with E-state index < -0.39 is 0 Å². The summed E-state index contributed by atoms with van der Waals surface area (Å²) in [5, 5.41) is 0. The van der Waals surface area contributed by atoms with E-state index in [0.717, 1.165) is 25.6 Å². The van der Waals surface area contributed by atoms with Gasteiger partial charge in [0.25, 0.3) is 0 Å². The number of hydrogen-bond donors (Lipinski definition) is 0. The zero-order valence-corrected chi connectivity index (χ0v) is 12.2. The molecule has 2 atom stereocenters. The van der Waals surface area contributed by atoms with E-state index in [2.05, 4.69) is 37.7 Å². The molecule has 2 aromatic rings. The maximum Gasteiger partial charge on any atom is 0.225 e. The molecule has 0 aliphatic carbocycles. The van der Waals surface area contributed by atoms with E-state index >= 15 is 0 Å². The molecule has 0 radical (unpaired) electrons. The van der Waals surface area contributed by atoms with Crippen molar-refractivity contribution < 1.29 is 0 Å². The number of anilines is 1. The van der Waals surface area contributed by atoms with Gasteiger partial charge >= 0.3 is 0 Å². The fourth-order valence-electron chi connectivity index (χ4n) is 3.42. The van der Waals surface area contributed by atoms with Crippen LogP contribution in [0.4, 0.5) is 5.95 Å². The number of pyridine rings is 1.